The quantitative estimate of drug-likeness (QED) is 0.0407. The molecule has 0 amide bonds. The Morgan fingerprint density at radius 2 is 1.33 bits per heavy atom. The standard InChI is InChI=1S/C49H64ClNO3S2.CH2N4/c1-3-5-7-9-10-11-12-13-15-17-25-39-33-35-42(36-34-39)56(52,53)54-38-45(49-51-47-31-23-24-32-48(47)55-49)44(40-26-19-16-20-27-40)37-41(28-18-14-8-6-4-2)43-29-21-22-30-46(43)50;1-2-4-5-3-1/h16,19-24,26-27,29-36,41,44-45H,3-15,17-18,25,28,37-38H2,1-2H3;1H,(H,2,3,4,5)/p+1. The van der Waals surface area contributed by atoms with Crippen molar-refractivity contribution in [3.63, 3.8) is 0 Å². The predicted octanol–water partition coefficient (Wildman–Crippen LogP) is 13.8. The highest BCUT2D eigenvalue weighted by atomic mass is 35.5. The van der Waals surface area contributed by atoms with Crippen molar-refractivity contribution in [2.24, 2.45) is 0 Å². The SMILES string of the molecule is CCCCCCCCCCCCc1ccc(S(=O)(=O)OCC(c2nc3ccccc3s2)C(CC(CCCCCCC)c2ccccc2Cl)c2ccccc2)cc1.c1nn[nH][nH+]1. The molecular formula is C50H67ClN5O3S2+. The van der Waals surface area contributed by atoms with Crippen LogP contribution in [0.4, 0.5) is 0 Å². The second-order valence-electron chi connectivity index (χ2n) is 16.2. The Kier molecular flexibility index (Phi) is 21.4. The van der Waals surface area contributed by atoms with Gasteiger partial charge in [0.1, 0.15) is 5.10 Å². The molecule has 2 aromatic heterocycles. The third kappa shape index (κ3) is 16.4. The average Bonchev–Trinajstić information content (AvgIpc) is 4.02. The first kappa shape index (κ1) is 48.1. The number of hydrogen-bond donors (Lipinski definition) is 1. The molecular weight excluding hydrogens is 818 g/mol. The van der Waals surface area contributed by atoms with Crippen LogP contribution in [0.2, 0.25) is 5.02 Å². The molecule has 4 aromatic carbocycles. The van der Waals surface area contributed by atoms with E-state index in [0.29, 0.717) is 0 Å². The molecule has 0 saturated heterocycles. The van der Waals surface area contributed by atoms with Gasteiger partial charge in [0, 0.05) is 10.9 Å². The van der Waals surface area contributed by atoms with Crippen molar-refractivity contribution in [3.8, 4) is 0 Å². The maximum Gasteiger partial charge on any atom is 0.296 e. The lowest BCUT2D eigenvalue weighted by atomic mass is 9.76. The Hall–Kier alpha value is -3.96. The van der Waals surface area contributed by atoms with Crippen molar-refractivity contribution in [3.05, 3.63) is 136 Å². The number of aryl methyl sites for hydroxylation is 1. The molecule has 2 N–H and O–H groups in total. The summed E-state index contributed by atoms with van der Waals surface area (Å²) < 4.78 is 35.0. The van der Waals surface area contributed by atoms with Crippen LogP contribution >= 0.6 is 22.9 Å². The number of H-pyrrole nitrogens is 2. The Balaban J connectivity index is 0.00000131. The normalized spacial score (nSPS) is 13.1. The van der Waals surface area contributed by atoms with Crippen molar-refractivity contribution in [2.45, 2.75) is 152 Å². The van der Waals surface area contributed by atoms with E-state index in [1.807, 2.05) is 48.5 Å². The summed E-state index contributed by atoms with van der Waals surface area (Å²) in [7, 11) is -4.02. The summed E-state index contributed by atoms with van der Waals surface area (Å²) in [6, 6.07) is 34.2. The number of benzene rings is 4. The fourth-order valence-corrected chi connectivity index (χ4v) is 10.5. The van der Waals surface area contributed by atoms with Crippen LogP contribution < -0.4 is 5.10 Å². The summed E-state index contributed by atoms with van der Waals surface area (Å²) in [5.74, 6) is -0.176. The first-order valence-corrected chi connectivity index (χ1v) is 25.3. The number of nitrogens with zero attached hydrogens (tertiary/aromatic N) is 3. The van der Waals surface area contributed by atoms with Gasteiger partial charge in [-0.1, -0.05) is 193 Å². The van der Waals surface area contributed by atoms with Crippen LogP contribution in [0.5, 0.6) is 0 Å². The highest BCUT2D eigenvalue weighted by molar-refractivity contribution is 7.86. The number of fused-ring (bicyclic) bond motifs is 1. The molecule has 6 aromatic rings. The van der Waals surface area contributed by atoms with Gasteiger partial charge in [0.15, 0.2) is 5.21 Å². The summed E-state index contributed by atoms with van der Waals surface area (Å²) in [4.78, 5) is 5.32. The molecule has 3 unspecified atom stereocenters. The van der Waals surface area contributed by atoms with Crippen molar-refractivity contribution in [2.75, 3.05) is 6.61 Å². The second kappa shape index (κ2) is 27.2. The lowest BCUT2D eigenvalue weighted by Crippen LogP contribution is -2.22. The summed E-state index contributed by atoms with van der Waals surface area (Å²) in [5.41, 5.74) is 4.39. The minimum Gasteiger partial charge on any atom is -0.266 e. The van der Waals surface area contributed by atoms with E-state index in [1.165, 1.54) is 95.4 Å². The molecule has 3 atom stereocenters. The van der Waals surface area contributed by atoms with Gasteiger partial charge in [-0.25, -0.2) is 4.98 Å². The van der Waals surface area contributed by atoms with Gasteiger partial charge in [-0.3, -0.25) is 4.18 Å². The van der Waals surface area contributed by atoms with Gasteiger partial charge in [0.05, 0.1) is 26.7 Å². The molecule has 8 nitrogen and oxygen atoms in total. The van der Waals surface area contributed by atoms with E-state index >= 15 is 0 Å². The van der Waals surface area contributed by atoms with Crippen LogP contribution in [0.15, 0.2) is 114 Å². The number of aromatic amines is 2. The van der Waals surface area contributed by atoms with E-state index in [9.17, 15) is 8.42 Å². The summed E-state index contributed by atoms with van der Waals surface area (Å²) in [6.07, 6.45) is 23.2. The van der Waals surface area contributed by atoms with Crippen molar-refractivity contribution < 1.29 is 17.7 Å². The molecule has 0 aliphatic rings. The molecule has 0 radical (unpaired) electrons. The second-order valence-corrected chi connectivity index (χ2v) is 19.3. The Morgan fingerprint density at radius 1 is 0.705 bits per heavy atom. The molecule has 328 valence electrons. The van der Waals surface area contributed by atoms with Crippen LogP contribution in [0.25, 0.3) is 10.2 Å². The Bertz CT molecular complexity index is 2110. The van der Waals surface area contributed by atoms with Crippen molar-refractivity contribution in [1.29, 1.82) is 0 Å². The van der Waals surface area contributed by atoms with Crippen LogP contribution in [0, 0.1) is 0 Å². The number of tetrazole rings is 1. The minimum absolute atomic E-state index is 0.00614. The summed E-state index contributed by atoms with van der Waals surface area (Å²) in [5, 5.41) is 13.2. The molecule has 61 heavy (non-hydrogen) atoms. The number of unbranched alkanes of at least 4 members (excludes halogenated alkanes) is 13. The molecule has 0 aliphatic carbocycles. The van der Waals surface area contributed by atoms with E-state index in [-0.39, 0.29) is 29.3 Å². The number of hydrogen-bond acceptors (Lipinski definition) is 7. The average molecular weight is 886 g/mol. The molecule has 0 saturated carbocycles. The first-order valence-electron chi connectivity index (χ1n) is 22.7. The largest absolute Gasteiger partial charge is 0.296 e. The zero-order chi connectivity index (χ0) is 43.0. The van der Waals surface area contributed by atoms with E-state index in [2.05, 4.69) is 76.9 Å². The predicted molar refractivity (Wildman–Crippen MR) is 252 cm³/mol. The van der Waals surface area contributed by atoms with Crippen molar-refractivity contribution in [1.82, 2.24) is 20.5 Å². The van der Waals surface area contributed by atoms with Gasteiger partial charge < -0.3 is 0 Å². The lowest BCUT2D eigenvalue weighted by molar-refractivity contribution is -0.456. The van der Waals surface area contributed by atoms with Crippen LogP contribution in [0.3, 0.4) is 0 Å². The highest BCUT2D eigenvalue weighted by Gasteiger charge is 2.33. The molecule has 6 rings (SSSR count). The Labute approximate surface area is 374 Å². The topological polar surface area (TPSA) is 112 Å². The summed E-state index contributed by atoms with van der Waals surface area (Å²) >= 11 is 8.55. The number of thiazole rings is 1. The van der Waals surface area contributed by atoms with Gasteiger partial charge in [0.25, 0.3) is 16.4 Å². The fourth-order valence-electron chi connectivity index (χ4n) is 8.16. The van der Waals surface area contributed by atoms with Crippen molar-refractivity contribution >= 4 is 43.3 Å². The van der Waals surface area contributed by atoms with Crippen LogP contribution in [-0.4, -0.2) is 35.5 Å². The third-order valence-corrected chi connectivity index (χ3v) is 14.4. The number of rotatable bonds is 27. The number of aromatic nitrogens is 5. The molecule has 11 heteroatoms. The maximum atomic E-state index is 13.9. The van der Waals surface area contributed by atoms with E-state index < -0.39 is 10.1 Å². The third-order valence-electron chi connectivity index (χ3n) is 11.6. The summed E-state index contributed by atoms with van der Waals surface area (Å²) in [6.45, 7) is 4.50. The van der Waals surface area contributed by atoms with Gasteiger partial charge in [-0.2, -0.15) is 13.5 Å². The van der Waals surface area contributed by atoms with Crippen LogP contribution in [0.1, 0.15) is 162 Å². The molecule has 0 bridgehead atoms. The van der Waals surface area contributed by atoms with Gasteiger partial charge in [0.2, 0.25) is 0 Å². The first-order chi connectivity index (χ1) is 29.9. The molecule has 0 spiro atoms. The molecule has 0 fully saturated rings. The molecule has 0 aliphatic heterocycles. The van der Waals surface area contributed by atoms with E-state index in [4.69, 9.17) is 20.8 Å². The fraction of sp³-hybridized carbons (Fsp3) is 0.480. The number of halogens is 1. The Morgan fingerprint density at radius 3 is 1.95 bits per heavy atom. The smallest absolute Gasteiger partial charge is 0.266 e. The zero-order valence-corrected chi connectivity index (χ0v) is 38.7. The number of para-hydroxylation sites is 1. The van der Waals surface area contributed by atoms with Gasteiger partial charge in [-0.15, -0.1) is 11.3 Å². The zero-order valence-electron chi connectivity index (χ0n) is 36.3. The monoisotopic (exact) mass is 884 g/mol. The lowest BCUT2D eigenvalue weighted by Gasteiger charge is -2.30. The van der Waals surface area contributed by atoms with Gasteiger partial charge in [-0.05, 0) is 84.5 Å². The van der Waals surface area contributed by atoms with E-state index in [0.717, 1.165) is 63.5 Å². The highest BCUT2D eigenvalue weighted by Crippen LogP contribution is 2.45. The van der Waals surface area contributed by atoms with E-state index in [1.54, 1.807) is 23.5 Å². The van der Waals surface area contributed by atoms with Crippen LogP contribution in [-0.2, 0) is 20.7 Å². The van der Waals surface area contributed by atoms with Gasteiger partial charge >= 0.3 is 0 Å². The maximum absolute atomic E-state index is 13.9. The molecule has 2 heterocycles. The minimum atomic E-state index is -4.02. The number of nitrogens with one attached hydrogen (secondary N) is 2.